The monoisotopic (exact) mass is 241 g/mol. The number of hydrogen-bond acceptors (Lipinski definition) is 2. The highest BCUT2D eigenvalue weighted by atomic mass is 16.1. The molecule has 1 N–H and O–H groups in total. The van der Waals surface area contributed by atoms with Crippen molar-refractivity contribution in [3.63, 3.8) is 0 Å². The molecule has 0 aliphatic heterocycles. The third-order valence-electron chi connectivity index (χ3n) is 2.68. The molecule has 2 aromatic rings. The van der Waals surface area contributed by atoms with E-state index in [9.17, 15) is 4.79 Å². The summed E-state index contributed by atoms with van der Waals surface area (Å²) >= 11 is 0. The lowest BCUT2D eigenvalue weighted by molar-refractivity contribution is -0.117. The lowest BCUT2D eigenvalue weighted by Crippen LogP contribution is -2.24. The van der Waals surface area contributed by atoms with Crippen LogP contribution >= 0.6 is 0 Å². The van der Waals surface area contributed by atoms with Gasteiger partial charge in [0, 0.05) is 12.4 Å². The number of amides is 1. The van der Waals surface area contributed by atoms with Crippen LogP contribution in [0.25, 0.3) is 5.69 Å². The number of benzene rings is 1. The second kappa shape index (κ2) is 5.31. The molecule has 1 aromatic carbocycles. The molecule has 1 atom stereocenters. The Labute approximate surface area is 106 Å². The maximum Gasteiger partial charge on any atom is 0.243 e. The molecular formula is C14H15N3O. The quantitative estimate of drug-likeness (QED) is 0.834. The van der Waals surface area contributed by atoms with E-state index in [0.29, 0.717) is 0 Å². The Morgan fingerprint density at radius 2 is 2.33 bits per heavy atom. The summed E-state index contributed by atoms with van der Waals surface area (Å²) in [6.45, 7) is 5.37. The average Bonchev–Trinajstić information content (AvgIpc) is 2.92. The van der Waals surface area contributed by atoms with Gasteiger partial charge in [-0.1, -0.05) is 18.7 Å². The van der Waals surface area contributed by atoms with Crippen LogP contribution in [0.1, 0.15) is 18.5 Å². The van der Waals surface area contributed by atoms with Crippen LogP contribution in [-0.4, -0.2) is 15.7 Å². The number of aromatic nitrogens is 2. The van der Waals surface area contributed by atoms with Crippen LogP contribution in [0.2, 0.25) is 0 Å². The van der Waals surface area contributed by atoms with Gasteiger partial charge in [-0.2, -0.15) is 5.10 Å². The molecule has 1 amide bonds. The van der Waals surface area contributed by atoms with Crippen molar-refractivity contribution >= 4 is 5.91 Å². The topological polar surface area (TPSA) is 46.9 Å². The zero-order valence-electron chi connectivity index (χ0n) is 10.2. The molecule has 2 rings (SSSR count). The molecule has 18 heavy (non-hydrogen) atoms. The van der Waals surface area contributed by atoms with Gasteiger partial charge in [-0.15, -0.1) is 0 Å². The van der Waals surface area contributed by atoms with E-state index in [1.54, 1.807) is 10.9 Å². The predicted molar refractivity (Wildman–Crippen MR) is 70.3 cm³/mol. The number of nitrogens with one attached hydrogen (secondary N) is 1. The van der Waals surface area contributed by atoms with E-state index in [1.807, 2.05) is 43.5 Å². The van der Waals surface area contributed by atoms with Crippen LogP contribution in [0.15, 0.2) is 55.4 Å². The molecule has 92 valence electrons. The molecule has 1 unspecified atom stereocenters. The minimum absolute atomic E-state index is 0.0639. The molecular weight excluding hydrogens is 226 g/mol. The summed E-state index contributed by atoms with van der Waals surface area (Å²) in [5, 5.41) is 7.01. The number of nitrogens with zero attached hydrogens (tertiary/aromatic N) is 2. The van der Waals surface area contributed by atoms with E-state index >= 15 is 0 Å². The number of carbonyl (C=O) groups excluding carboxylic acids is 1. The molecule has 0 fully saturated rings. The van der Waals surface area contributed by atoms with Gasteiger partial charge in [0.2, 0.25) is 5.91 Å². The molecule has 0 saturated heterocycles. The summed E-state index contributed by atoms with van der Waals surface area (Å²) in [5.41, 5.74) is 2.00. The first kappa shape index (κ1) is 12.1. The summed E-state index contributed by atoms with van der Waals surface area (Å²) in [7, 11) is 0. The van der Waals surface area contributed by atoms with Crippen molar-refractivity contribution in [2.45, 2.75) is 13.0 Å². The van der Waals surface area contributed by atoms with Crippen LogP contribution in [0.4, 0.5) is 0 Å². The molecule has 1 aromatic heterocycles. The summed E-state index contributed by atoms with van der Waals surface area (Å²) in [6.07, 6.45) is 4.88. The molecule has 0 bridgehead atoms. The number of carbonyl (C=O) groups is 1. The van der Waals surface area contributed by atoms with E-state index in [0.717, 1.165) is 11.3 Å². The molecule has 0 aliphatic carbocycles. The highest BCUT2D eigenvalue weighted by Gasteiger charge is 2.08. The second-order valence-corrected chi connectivity index (χ2v) is 3.98. The Morgan fingerprint density at radius 1 is 1.50 bits per heavy atom. The van der Waals surface area contributed by atoms with Gasteiger partial charge < -0.3 is 5.32 Å². The molecule has 0 saturated carbocycles. The van der Waals surface area contributed by atoms with Crippen molar-refractivity contribution in [1.29, 1.82) is 0 Å². The van der Waals surface area contributed by atoms with E-state index in [2.05, 4.69) is 17.0 Å². The normalized spacial score (nSPS) is 11.8. The fourth-order valence-electron chi connectivity index (χ4n) is 1.71. The van der Waals surface area contributed by atoms with Gasteiger partial charge in [-0.25, -0.2) is 4.68 Å². The molecule has 4 heteroatoms. The van der Waals surface area contributed by atoms with Crippen LogP contribution in [0.3, 0.4) is 0 Å². The van der Waals surface area contributed by atoms with E-state index in [-0.39, 0.29) is 11.9 Å². The Hall–Kier alpha value is -2.36. The first-order chi connectivity index (χ1) is 8.70. The van der Waals surface area contributed by atoms with Gasteiger partial charge in [0.05, 0.1) is 11.7 Å². The summed E-state index contributed by atoms with van der Waals surface area (Å²) in [4.78, 5) is 11.3. The van der Waals surface area contributed by atoms with E-state index < -0.39 is 0 Å². The molecule has 1 heterocycles. The third-order valence-corrected chi connectivity index (χ3v) is 2.68. The van der Waals surface area contributed by atoms with Crippen molar-refractivity contribution in [2.24, 2.45) is 0 Å². The Bertz CT molecular complexity index is 546. The second-order valence-electron chi connectivity index (χ2n) is 3.98. The average molecular weight is 241 g/mol. The minimum atomic E-state index is -0.174. The van der Waals surface area contributed by atoms with Crippen LogP contribution in [0.5, 0.6) is 0 Å². The van der Waals surface area contributed by atoms with Crippen LogP contribution in [0, 0.1) is 0 Å². The smallest absolute Gasteiger partial charge is 0.243 e. The zero-order chi connectivity index (χ0) is 13.0. The van der Waals surface area contributed by atoms with Gasteiger partial charge in [0.25, 0.3) is 0 Å². The standard InChI is InChI=1S/C14H15N3O/c1-3-14(18)16-11(2)12-6-4-7-13(10-12)17-9-5-8-15-17/h3-11H,1H2,2H3,(H,16,18). The van der Waals surface area contributed by atoms with Crippen molar-refractivity contribution in [2.75, 3.05) is 0 Å². The lowest BCUT2D eigenvalue weighted by Gasteiger charge is -2.14. The molecule has 0 radical (unpaired) electrons. The van der Waals surface area contributed by atoms with Crippen LogP contribution < -0.4 is 5.32 Å². The fourth-order valence-corrected chi connectivity index (χ4v) is 1.71. The Kier molecular flexibility index (Phi) is 3.57. The predicted octanol–water partition coefficient (Wildman–Crippen LogP) is 2.24. The van der Waals surface area contributed by atoms with Crippen molar-refractivity contribution in [1.82, 2.24) is 15.1 Å². The minimum Gasteiger partial charge on any atom is -0.346 e. The highest BCUT2D eigenvalue weighted by Crippen LogP contribution is 2.16. The van der Waals surface area contributed by atoms with Gasteiger partial charge in [-0.05, 0) is 36.8 Å². The van der Waals surface area contributed by atoms with E-state index in [4.69, 9.17) is 0 Å². The van der Waals surface area contributed by atoms with Crippen molar-refractivity contribution < 1.29 is 4.79 Å². The van der Waals surface area contributed by atoms with Crippen molar-refractivity contribution in [3.8, 4) is 5.69 Å². The van der Waals surface area contributed by atoms with Gasteiger partial charge in [-0.3, -0.25) is 4.79 Å². The summed E-state index contributed by atoms with van der Waals surface area (Å²) in [5.74, 6) is -0.174. The molecule has 0 aliphatic rings. The zero-order valence-corrected chi connectivity index (χ0v) is 10.2. The number of rotatable bonds is 4. The maximum absolute atomic E-state index is 11.3. The van der Waals surface area contributed by atoms with Gasteiger partial charge >= 0.3 is 0 Å². The number of hydrogen-bond donors (Lipinski definition) is 1. The Balaban J connectivity index is 2.22. The SMILES string of the molecule is C=CC(=O)NC(C)c1cccc(-n2cccn2)c1. The molecule has 4 nitrogen and oxygen atoms in total. The first-order valence-electron chi connectivity index (χ1n) is 5.73. The molecule has 0 spiro atoms. The lowest BCUT2D eigenvalue weighted by atomic mass is 10.1. The fraction of sp³-hybridized carbons (Fsp3) is 0.143. The van der Waals surface area contributed by atoms with Crippen LogP contribution in [-0.2, 0) is 4.79 Å². The van der Waals surface area contributed by atoms with Crippen molar-refractivity contribution in [3.05, 3.63) is 60.9 Å². The highest BCUT2D eigenvalue weighted by molar-refractivity contribution is 5.87. The van der Waals surface area contributed by atoms with Gasteiger partial charge in [0.15, 0.2) is 0 Å². The summed E-state index contributed by atoms with van der Waals surface area (Å²) in [6, 6.07) is 9.70. The maximum atomic E-state index is 11.3. The van der Waals surface area contributed by atoms with Gasteiger partial charge in [0.1, 0.15) is 0 Å². The largest absolute Gasteiger partial charge is 0.346 e. The Morgan fingerprint density at radius 3 is 3.00 bits per heavy atom. The third kappa shape index (κ3) is 2.66. The summed E-state index contributed by atoms with van der Waals surface area (Å²) < 4.78 is 1.78. The van der Waals surface area contributed by atoms with E-state index in [1.165, 1.54) is 6.08 Å². The first-order valence-corrected chi connectivity index (χ1v) is 5.73.